The third-order valence-electron chi connectivity index (χ3n) is 5.14. The quantitative estimate of drug-likeness (QED) is 0.199. The van der Waals surface area contributed by atoms with E-state index in [0.29, 0.717) is 21.9 Å². The molecule has 0 amide bonds. The number of benzene rings is 2. The fourth-order valence-corrected chi connectivity index (χ4v) is 4.00. The van der Waals surface area contributed by atoms with Crippen LogP contribution >= 0.6 is 12.0 Å². The molecule has 11 heteroatoms. The van der Waals surface area contributed by atoms with Gasteiger partial charge in [-0.15, -0.1) is 0 Å². The molecule has 0 N–H and O–H groups in total. The first kappa shape index (κ1) is 25.5. The van der Waals surface area contributed by atoms with Crippen molar-refractivity contribution in [3.63, 3.8) is 0 Å². The third kappa shape index (κ3) is 6.76. The summed E-state index contributed by atoms with van der Waals surface area (Å²) < 4.78 is 55.3. The minimum atomic E-state index is -4.44. The molecule has 0 aliphatic carbocycles. The molecule has 36 heavy (non-hydrogen) atoms. The van der Waals surface area contributed by atoms with E-state index in [2.05, 4.69) is 9.97 Å². The van der Waals surface area contributed by atoms with Crippen LogP contribution in [0.3, 0.4) is 0 Å². The maximum atomic E-state index is 12.5. The number of hydrogen-bond donors (Lipinski definition) is 0. The summed E-state index contributed by atoms with van der Waals surface area (Å²) >= 11 is 0.955. The Balaban J connectivity index is 1.42. The van der Waals surface area contributed by atoms with Crippen LogP contribution in [0.5, 0.6) is 5.75 Å². The highest BCUT2D eigenvalue weighted by atomic mass is 32.2. The lowest BCUT2D eigenvalue weighted by atomic mass is 10.2. The molecular weight excluding hydrogens is 495 g/mol. The molecule has 0 bridgehead atoms. The van der Waals surface area contributed by atoms with Crippen LogP contribution in [0.25, 0.3) is 11.0 Å². The number of imidazole rings is 1. The van der Waals surface area contributed by atoms with E-state index in [1.165, 1.54) is 12.3 Å². The maximum absolute atomic E-state index is 12.5. The largest absolute Gasteiger partial charge is 0.484 e. The number of carbonyl (C=O) groups is 1. The summed E-state index contributed by atoms with van der Waals surface area (Å²) in [6, 6.07) is 18.0. The lowest BCUT2D eigenvalue weighted by molar-refractivity contribution is -0.153. The van der Waals surface area contributed by atoms with Crippen LogP contribution in [0.4, 0.5) is 13.2 Å². The topological polar surface area (TPSA) is 75.5 Å². The Labute approximate surface area is 209 Å². The molecule has 0 aliphatic rings. The number of para-hydroxylation sites is 2. The van der Waals surface area contributed by atoms with E-state index in [9.17, 15) is 18.0 Å². The SMILES string of the molecule is Cc1c(OCC(F)(F)F)ccnc1COSc1nc2ccccc2n1COC(=O)Cc1ccccc1. The smallest absolute Gasteiger partial charge is 0.422 e. The van der Waals surface area contributed by atoms with Gasteiger partial charge in [0.15, 0.2) is 18.5 Å². The molecule has 7 nitrogen and oxygen atoms in total. The van der Waals surface area contributed by atoms with Gasteiger partial charge in [0.2, 0.25) is 0 Å². The van der Waals surface area contributed by atoms with E-state index in [-0.39, 0.29) is 31.5 Å². The number of rotatable bonds is 10. The van der Waals surface area contributed by atoms with Gasteiger partial charge in [-0.2, -0.15) is 13.2 Å². The molecular formula is C25H22F3N3O4S. The third-order valence-corrected chi connectivity index (χ3v) is 5.84. The maximum Gasteiger partial charge on any atom is 0.422 e. The van der Waals surface area contributed by atoms with Crippen molar-refractivity contribution in [3.8, 4) is 5.75 Å². The molecule has 0 fully saturated rings. The van der Waals surface area contributed by atoms with Gasteiger partial charge in [-0.1, -0.05) is 42.5 Å². The molecule has 0 aliphatic heterocycles. The molecule has 4 rings (SSSR count). The van der Waals surface area contributed by atoms with Crippen molar-refractivity contribution in [3.05, 3.63) is 83.7 Å². The van der Waals surface area contributed by atoms with Crippen LogP contribution < -0.4 is 4.74 Å². The molecule has 0 atom stereocenters. The first-order valence-electron chi connectivity index (χ1n) is 10.9. The van der Waals surface area contributed by atoms with E-state index >= 15 is 0 Å². The number of pyridine rings is 1. The summed E-state index contributed by atoms with van der Waals surface area (Å²) in [5.74, 6) is -0.296. The normalized spacial score (nSPS) is 11.6. The zero-order valence-electron chi connectivity index (χ0n) is 19.2. The number of esters is 1. The van der Waals surface area contributed by atoms with Crippen LogP contribution in [0.15, 0.2) is 72.0 Å². The second-order valence-corrected chi connectivity index (χ2v) is 8.52. The highest BCUT2D eigenvalue weighted by Gasteiger charge is 2.29. The minimum absolute atomic E-state index is 0.00326. The predicted molar refractivity (Wildman–Crippen MR) is 127 cm³/mol. The summed E-state index contributed by atoms with van der Waals surface area (Å²) in [6.07, 6.45) is -2.93. The Morgan fingerprint density at radius 3 is 2.58 bits per heavy atom. The van der Waals surface area contributed by atoms with Crippen LogP contribution in [-0.2, 0) is 33.5 Å². The van der Waals surface area contributed by atoms with Crippen LogP contribution in [-0.4, -0.2) is 33.3 Å². The molecule has 4 aromatic rings. The first-order chi connectivity index (χ1) is 17.3. The van der Waals surface area contributed by atoms with Crippen molar-refractivity contribution in [2.45, 2.75) is 38.0 Å². The standard InChI is InChI=1S/C25H22F3N3O4S/c1-17-20(29-12-11-22(17)33-15-25(26,27)28)14-35-36-24-30-19-9-5-6-10-21(19)31(24)16-34-23(32)13-18-7-3-2-4-8-18/h2-12H,13-16H2,1H3. The van der Waals surface area contributed by atoms with Crippen LogP contribution in [0.1, 0.15) is 16.8 Å². The van der Waals surface area contributed by atoms with Gasteiger partial charge in [0, 0.05) is 11.8 Å². The van der Waals surface area contributed by atoms with E-state index in [0.717, 1.165) is 23.1 Å². The zero-order chi connectivity index (χ0) is 25.5. The van der Waals surface area contributed by atoms with Gasteiger partial charge in [0.05, 0.1) is 35.2 Å². The van der Waals surface area contributed by atoms with Crippen molar-refractivity contribution in [1.82, 2.24) is 14.5 Å². The van der Waals surface area contributed by atoms with E-state index in [1.807, 2.05) is 54.6 Å². The fourth-order valence-electron chi connectivity index (χ4n) is 3.35. The summed E-state index contributed by atoms with van der Waals surface area (Å²) in [6.45, 7) is 0.163. The summed E-state index contributed by atoms with van der Waals surface area (Å²) in [7, 11) is 0. The monoisotopic (exact) mass is 517 g/mol. The second kappa shape index (κ2) is 11.4. The first-order valence-corrected chi connectivity index (χ1v) is 11.6. The Kier molecular flexibility index (Phi) is 8.11. The van der Waals surface area contributed by atoms with Gasteiger partial charge >= 0.3 is 12.1 Å². The second-order valence-electron chi connectivity index (χ2n) is 7.75. The Hall–Kier alpha value is -3.57. The molecule has 0 saturated carbocycles. The highest BCUT2D eigenvalue weighted by molar-refractivity contribution is 7.94. The number of nitrogens with zero attached hydrogens (tertiary/aromatic N) is 3. The number of ether oxygens (including phenoxy) is 2. The van der Waals surface area contributed by atoms with E-state index < -0.39 is 12.8 Å². The van der Waals surface area contributed by atoms with Crippen molar-refractivity contribution in [2.24, 2.45) is 0 Å². The lowest BCUT2D eigenvalue weighted by Gasteiger charge is -2.13. The number of halogens is 3. The Bertz CT molecular complexity index is 1330. The number of alkyl halides is 3. The van der Waals surface area contributed by atoms with Crippen LogP contribution in [0, 0.1) is 6.92 Å². The number of carbonyl (C=O) groups excluding carboxylic acids is 1. The van der Waals surface area contributed by atoms with Crippen LogP contribution in [0.2, 0.25) is 0 Å². The number of hydrogen-bond acceptors (Lipinski definition) is 7. The highest BCUT2D eigenvalue weighted by Crippen LogP contribution is 2.28. The molecule has 2 aromatic heterocycles. The predicted octanol–water partition coefficient (Wildman–Crippen LogP) is 5.65. The molecule has 2 aromatic carbocycles. The zero-order valence-corrected chi connectivity index (χ0v) is 20.0. The molecule has 0 spiro atoms. The van der Waals surface area contributed by atoms with Gasteiger partial charge < -0.3 is 13.7 Å². The van der Waals surface area contributed by atoms with Crippen molar-refractivity contribution in [1.29, 1.82) is 0 Å². The molecule has 188 valence electrons. The summed E-state index contributed by atoms with van der Waals surface area (Å²) in [5, 5.41) is 0.450. The van der Waals surface area contributed by atoms with Gasteiger partial charge in [0.25, 0.3) is 0 Å². The van der Waals surface area contributed by atoms with Gasteiger partial charge in [0.1, 0.15) is 12.4 Å². The molecule has 0 saturated heterocycles. The fraction of sp³-hybridized carbons (Fsp3) is 0.240. The van der Waals surface area contributed by atoms with Gasteiger partial charge in [-0.05, 0) is 30.7 Å². The Morgan fingerprint density at radius 2 is 1.81 bits per heavy atom. The van der Waals surface area contributed by atoms with Gasteiger partial charge in [-0.3, -0.25) is 14.3 Å². The van der Waals surface area contributed by atoms with Gasteiger partial charge in [-0.25, -0.2) is 4.98 Å². The van der Waals surface area contributed by atoms with E-state index in [4.69, 9.17) is 13.7 Å². The minimum Gasteiger partial charge on any atom is -0.484 e. The Morgan fingerprint density at radius 1 is 1.06 bits per heavy atom. The molecule has 2 heterocycles. The molecule has 0 radical (unpaired) electrons. The lowest BCUT2D eigenvalue weighted by Crippen LogP contribution is -2.19. The van der Waals surface area contributed by atoms with Crippen molar-refractivity contribution < 1.29 is 31.6 Å². The van der Waals surface area contributed by atoms with Crippen molar-refractivity contribution in [2.75, 3.05) is 6.61 Å². The van der Waals surface area contributed by atoms with Crippen molar-refractivity contribution >= 4 is 29.0 Å². The average molecular weight is 518 g/mol. The number of fused-ring (bicyclic) bond motifs is 1. The van der Waals surface area contributed by atoms with E-state index in [1.54, 1.807) is 11.5 Å². The number of aromatic nitrogens is 3. The summed E-state index contributed by atoms with van der Waals surface area (Å²) in [4.78, 5) is 21.1. The summed E-state index contributed by atoms with van der Waals surface area (Å²) in [5.41, 5.74) is 3.18. The average Bonchev–Trinajstić information content (AvgIpc) is 3.20. The molecule has 0 unspecified atom stereocenters.